The van der Waals surface area contributed by atoms with Crippen molar-refractivity contribution in [2.45, 2.75) is 52.2 Å². The molecule has 0 aromatic heterocycles. The van der Waals surface area contributed by atoms with Crippen LogP contribution in [-0.4, -0.2) is 57.1 Å². The second kappa shape index (κ2) is 13.2. The van der Waals surface area contributed by atoms with E-state index in [-0.39, 0.29) is 43.8 Å². The van der Waals surface area contributed by atoms with Crippen molar-refractivity contribution >= 4 is 50.7 Å². The van der Waals surface area contributed by atoms with E-state index in [2.05, 4.69) is 5.32 Å². The van der Waals surface area contributed by atoms with Crippen LogP contribution in [0.25, 0.3) is 0 Å². The highest BCUT2D eigenvalue weighted by molar-refractivity contribution is 7.92. The number of benzene rings is 2. The monoisotopic (exact) mass is 557 g/mol. The minimum Gasteiger partial charge on any atom is -0.495 e. The van der Waals surface area contributed by atoms with Gasteiger partial charge in [0.25, 0.3) is 0 Å². The Morgan fingerprint density at radius 3 is 2.31 bits per heavy atom. The fourth-order valence-electron chi connectivity index (χ4n) is 3.64. The summed E-state index contributed by atoms with van der Waals surface area (Å²) in [5, 5.41) is 3.57. The van der Waals surface area contributed by atoms with Crippen molar-refractivity contribution in [3.05, 3.63) is 58.1 Å². The maximum atomic E-state index is 13.3. The molecule has 1 atom stereocenters. The Kier molecular flexibility index (Phi) is 10.9. The first-order chi connectivity index (χ1) is 16.8. The second-order valence-electron chi connectivity index (χ2n) is 8.72. The molecule has 2 aromatic carbocycles. The van der Waals surface area contributed by atoms with Gasteiger partial charge in [-0.25, -0.2) is 8.42 Å². The summed E-state index contributed by atoms with van der Waals surface area (Å²) in [6.07, 6.45) is 1.37. The van der Waals surface area contributed by atoms with E-state index in [0.29, 0.717) is 27.0 Å². The summed E-state index contributed by atoms with van der Waals surface area (Å²) >= 11 is 12.2. The number of hydrogen-bond acceptors (Lipinski definition) is 5. The molecule has 2 amide bonds. The average Bonchev–Trinajstić information content (AvgIpc) is 2.80. The first kappa shape index (κ1) is 29.7. The van der Waals surface area contributed by atoms with E-state index in [1.807, 2.05) is 13.8 Å². The van der Waals surface area contributed by atoms with Crippen LogP contribution in [0.15, 0.2) is 42.5 Å². The van der Waals surface area contributed by atoms with E-state index in [4.69, 9.17) is 27.9 Å². The summed E-state index contributed by atoms with van der Waals surface area (Å²) < 4.78 is 31.6. The van der Waals surface area contributed by atoms with E-state index < -0.39 is 16.1 Å². The van der Waals surface area contributed by atoms with Gasteiger partial charge < -0.3 is 15.0 Å². The summed E-state index contributed by atoms with van der Waals surface area (Å²) in [5.74, 6) is -0.166. The van der Waals surface area contributed by atoms with Crippen LogP contribution >= 0.6 is 23.2 Å². The summed E-state index contributed by atoms with van der Waals surface area (Å²) in [7, 11) is -2.17. The topological polar surface area (TPSA) is 96.0 Å². The number of para-hydroxylation sites is 2. The SMILES string of the molecule is COc1ccccc1N(CCCC(=O)N(Cc1ccc(Cl)c(Cl)c1)[C@H](C)C(=O)NC(C)C)S(C)(=O)=O. The number of sulfonamides is 1. The summed E-state index contributed by atoms with van der Waals surface area (Å²) in [4.78, 5) is 27.5. The second-order valence-corrected chi connectivity index (χ2v) is 11.4. The molecule has 2 aromatic rings. The van der Waals surface area contributed by atoms with Crippen molar-refractivity contribution in [3.63, 3.8) is 0 Å². The molecule has 0 spiro atoms. The lowest BCUT2D eigenvalue weighted by Crippen LogP contribution is -2.49. The van der Waals surface area contributed by atoms with Gasteiger partial charge in [0.1, 0.15) is 11.8 Å². The van der Waals surface area contributed by atoms with Crippen LogP contribution in [0, 0.1) is 0 Å². The number of amides is 2. The number of carbonyl (C=O) groups excluding carboxylic acids is 2. The molecule has 8 nitrogen and oxygen atoms in total. The third-order valence-corrected chi connectivity index (χ3v) is 7.36. The lowest BCUT2D eigenvalue weighted by atomic mass is 10.1. The molecule has 2 rings (SSSR count). The summed E-state index contributed by atoms with van der Waals surface area (Å²) in [6.45, 7) is 5.55. The Morgan fingerprint density at radius 1 is 1.06 bits per heavy atom. The van der Waals surface area contributed by atoms with E-state index in [1.165, 1.54) is 16.3 Å². The highest BCUT2D eigenvalue weighted by Gasteiger charge is 2.27. The van der Waals surface area contributed by atoms with Gasteiger partial charge in [-0.2, -0.15) is 0 Å². The van der Waals surface area contributed by atoms with E-state index in [0.717, 1.165) is 6.26 Å². The van der Waals surface area contributed by atoms with Crippen LogP contribution in [0.3, 0.4) is 0 Å². The van der Waals surface area contributed by atoms with Gasteiger partial charge in [0, 0.05) is 25.6 Å². The van der Waals surface area contributed by atoms with Crippen molar-refractivity contribution in [3.8, 4) is 5.75 Å². The number of methoxy groups -OCH3 is 1. The number of ether oxygens (including phenoxy) is 1. The quantitative estimate of drug-likeness (QED) is 0.414. The number of rotatable bonds is 12. The molecule has 0 heterocycles. The smallest absolute Gasteiger partial charge is 0.242 e. The standard InChI is InChI=1S/C25H33Cl2N3O5S/c1-17(2)28-25(32)18(3)29(16-19-12-13-20(26)21(27)15-19)24(31)11-8-14-30(36(5,33)34)22-9-6-7-10-23(22)35-4/h6-7,9-10,12-13,15,17-18H,8,11,14,16H2,1-5H3,(H,28,32)/t18-/m1/s1. The summed E-state index contributed by atoms with van der Waals surface area (Å²) in [6, 6.07) is 11.0. The Bertz CT molecular complexity index is 1170. The zero-order chi connectivity index (χ0) is 27.0. The molecule has 0 saturated heterocycles. The van der Waals surface area contributed by atoms with Gasteiger partial charge >= 0.3 is 0 Å². The van der Waals surface area contributed by atoms with Crippen LogP contribution in [0.1, 0.15) is 39.2 Å². The van der Waals surface area contributed by atoms with E-state index in [1.54, 1.807) is 49.4 Å². The number of carbonyl (C=O) groups is 2. The molecule has 1 N–H and O–H groups in total. The van der Waals surface area contributed by atoms with Crippen molar-refractivity contribution in [2.75, 3.05) is 24.2 Å². The average molecular weight is 559 g/mol. The largest absolute Gasteiger partial charge is 0.495 e. The van der Waals surface area contributed by atoms with Crippen LogP contribution in [0.2, 0.25) is 10.0 Å². The van der Waals surface area contributed by atoms with Gasteiger partial charge in [-0.3, -0.25) is 13.9 Å². The zero-order valence-electron chi connectivity index (χ0n) is 21.1. The van der Waals surface area contributed by atoms with Crippen molar-refractivity contribution in [1.29, 1.82) is 0 Å². The Hall–Kier alpha value is -2.49. The zero-order valence-corrected chi connectivity index (χ0v) is 23.5. The molecule has 0 unspecified atom stereocenters. The molecule has 0 bridgehead atoms. The lowest BCUT2D eigenvalue weighted by Gasteiger charge is -2.30. The first-order valence-corrected chi connectivity index (χ1v) is 14.1. The third kappa shape index (κ3) is 8.28. The highest BCUT2D eigenvalue weighted by atomic mass is 35.5. The van der Waals surface area contributed by atoms with Gasteiger partial charge in [-0.15, -0.1) is 0 Å². The Labute approximate surface area is 223 Å². The van der Waals surface area contributed by atoms with Gasteiger partial charge in [-0.1, -0.05) is 41.4 Å². The Balaban J connectivity index is 2.22. The molecule has 0 aliphatic heterocycles. The van der Waals surface area contributed by atoms with Crippen LogP contribution in [0.5, 0.6) is 5.75 Å². The minimum absolute atomic E-state index is 0.0296. The van der Waals surface area contributed by atoms with Crippen molar-refractivity contribution in [2.24, 2.45) is 0 Å². The number of nitrogens with zero attached hydrogens (tertiary/aromatic N) is 2. The molecule has 11 heteroatoms. The number of anilines is 1. The van der Waals surface area contributed by atoms with Gasteiger partial charge in [-0.05, 0) is 57.0 Å². The van der Waals surface area contributed by atoms with Gasteiger partial charge in [0.15, 0.2) is 0 Å². The normalized spacial score (nSPS) is 12.2. The third-order valence-electron chi connectivity index (χ3n) is 5.44. The maximum absolute atomic E-state index is 13.3. The van der Waals surface area contributed by atoms with Crippen molar-refractivity contribution in [1.82, 2.24) is 10.2 Å². The van der Waals surface area contributed by atoms with E-state index in [9.17, 15) is 18.0 Å². The van der Waals surface area contributed by atoms with Crippen molar-refractivity contribution < 1.29 is 22.7 Å². The molecular weight excluding hydrogens is 525 g/mol. The molecule has 0 aliphatic carbocycles. The van der Waals surface area contributed by atoms with Gasteiger partial charge in [0.2, 0.25) is 21.8 Å². The lowest BCUT2D eigenvalue weighted by molar-refractivity contribution is -0.140. The maximum Gasteiger partial charge on any atom is 0.242 e. The van der Waals surface area contributed by atoms with Crippen LogP contribution < -0.4 is 14.4 Å². The van der Waals surface area contributed by atoms with Crippen LogP contribution in [0.4, 0.5) is 5.69 Å². The highest BCUT2D eigenvalue weighted by Crippen LogP contribution is 2.30. The first-order valence-electron chi connectivity index (χ1n) is 11.5. The van der Waals surface area contributed by atoms with Gasteiger partial charge in [0.05, 0.1) is 29.1 Å². The molecule has 0 saturated carbocycles. The molecule has 0 aliphatic rings. The molecule has 0 radical (unpaired) electrons. The Morgan fingerprint density at radius 2 is 1.72 bits per heavy atom. The number of halogens is 2. The summed E-state index contributed by atoms with van der Waals surface area (Å²) in [5.41, 5.74) is 1.11. The van der Waals surface area contributed by atoms with Crippen LogP contribution in [-0.2, 0) is 26.2 Å². The molecule has 198 valence electrons. The fraction of sp³-hybridized carbons (Fsp3) is 0.440. The predicted molar refractivity (Wildman–Crippen MR) is 144 cm³/mol. The predicted octanol–water partition coefficient (Wildman–Crippen LogP) is 4.49. The number of hydrogen-bond donors (Lipinski definition) is 1. The molecule has 36 heavy (non-hydrogen) atoms. The van der Waals surface area contributed by atoms with E-state index >= 15 is 0 Å². The minimum atomic E-state index is -3.63. The fourth-order valence-corrected chi connectivity index (χ4v) is 4.93. The molecular formula is C25H33Cl2N3O5S. The number of nitrogens with one attached hydrogen (secondary N) is 1. The molecule has 0 fully saturated rings.